The molecule has 33 heavy (non-hydrogen) atoms. The molecule has 2 heterocycles. The molecule has 174 valence electrons. The van der Waals surface area contributed by atoms with Crippen LogP contribution in [-0.2, 0) is 11.5 Å². The molecule has 0 unspecified atom stereocenters. The third-order valence-corrected chi connectivity index (χ3v) is 5.95. The van der Waals surface area contributed by atoms with E-state index in [1.54, 1.807) is 19.2 Å². The van der Waals surface area contributed by atoms with Gasteiger partial charge in [0.05, 0.1) is 26.4 Å². The number of halogens is 1. The Balaban J connectivity index is 1.51. The van der Waals surface area contributed by atoms with Crippen LogP contribution in [0.1, 0.15) is 0 Å². The number of nitrogens with one attached hydrogen (secondary N) is 1. The van der Waals surface area contributed by atoms with E-state index in [4.69, 9.17) is 33.4 Å². The first-order valence-electron chi connectivity index (χ1n) is 10.4. The molecule has 0 radical (unpaired) electrons. The zero-order valence-corrected chi connectivity index (χ0v) is 19.9. The van der Waals surface area contributed by atoms with Gasteiger partial charge in [0, 0.05) is 42.3 Å². The van der Waals surface area contributed by atoms with E-state index in [0.29, 0.717) is 22.8 Å². The summed E-state index contributed by atoms with van der Waals surface area (Å²) in [5, 5.41) is 20.3. The summed E-state index contributed by atoms with van der Waals surface area (Å²) in [4.78, 5) is 9.36. The van der Waals surface area contributed by atoms with Gasteiger partial charge in [-0.2, -0.15) is 0 Å². The molecule has 1 fully saturated rings. The molecular weight excluding hydrogens is 464 g/mol. The van der Waals surface area contributed by atoms with Gasteiger partial charge in [-0.3, -0.25) is 14.3 Å². The summed E-state index contributed by atoms with van der Waals surface area (Å²) in [6.45, 7) is 3.95. The van der Waals surface area contributed by atoms with Gasteiger partial charge >= 0.3 is 0 Å². The van der Waals surface area contributed by atoms with Crippen molar-refractivity contribution in [2.45, 2.75) is 6.67 Å². The predicted molar refractivity (Wildman–Crippen MR) is 133 cm³/mol. The Morgan fingerprint density at radius 2 is 1.85 bits per heavy atom. The van der Waals surface area contributed by atoms with Crippen LogP contribution in [0.25, 0.3) is 10.9 Å². The first-order valence-corrected chi connectivity index (χ1v) is 11.2. The summed E-state index contributed by atoms with van der Waals surface area (Å²) >= 11 is 11.2. The number of methoxy groups -OCH3 is 1. The fraction of sp³-hybridized carbons (Fsp3) is 0.318. The molecule has 0 atom stereocenters. The fourth-order valence-electron chi connectivity index (χ4n) is 3.88. The number of fused-ring (bicyclic) bond motifs is 1. The normalized spacial score (nSPS) is 14.8. The number of hydroxylamine groups is 1. The third-order valence-electron chi connectivity index (χ3n) is 5.55. The van der Waals surface area contributed by atoms with Gasteiger partial charge in [-0.15, -0.1) is 10.2 Å². The van der Waals surface area contributed by atoms with Crippen LogP contribution in [0.3, 0.4) is 0 Å². The van der Waals surface area contributed by atoms with Crippen LogP contribution in [0.15, 0.2) is 52.7 Å². The maximum absolute atomic E-state index is 11.0. The van der Waals surface area contributed by atoms with E-state index in [2.05, 4.69) is 37.6 Å². The SMILES string of the molecule is CONC(=S)N=Nc1c(O)n(CN2CCN(c3ccc(OC)cc3)CC2)c2ccc(Cl)cc12. The largest absolute Gasteiger partial charge is 0.497 e. The molecule has 0 saturated carbocycles. The van der Waals surface area contributed by atoms with E-state index in [9.17, 15) is 5.11 Å². The highest BCUT2D eigenvalue weighted by molar-refractivity contribution is 7.80. The second kappa shape index (κ2) is 10.3. The number of azo groups is 1. The van der Waals surface area contributed by atoms with Gasteiger partial charge in [0.2, 0.25) is 11.0 Å². The van der Waals surface area contributed by atoms with Crippen LogP contribution < -0.4 is 15.1 Å². The Kier molecular flexibility index (Phi) is 7.29. The van der Waals surface area contributed by atoms with Crippen molar-refractivity contribution < 1.29 is 14.7 Å². The van der Waals surface area contributed by atoms with Gasteiger partial charge in [0.25, 0.3) is 0 Å². The lowest BCUT2D eigenvalue weighted by Gasteiger charge is -2.36. The van der Waals surface area contributed by atoms with Crippen molar-refractivity contribution in [1.82, 2.24) is 14.9 Å². The smallest absolute Gasteiger partial charge is 0.237 e. The summed E-state index contributed by atoms with van der Waals surface area (Å²) in [6.07, 6.45) is 0. The average Bonchev–Trinajstić information content (AvgIpc) is 3.08. The second-order valence-electron chi connectivity index (χ2n) is 7.52. The number of thiocarbonyl (C=S) groups is 1. The summed E-state index contributed by atoms with van der Waals surface area (Å²) in [6, 6.07) is 13.5. The van der Waals surface area contributed by atoms with E-state index >= 15 is 0 Å². The number of ether oxygens (including phenoxy) is 1. The van der Waals surface area contributed by atoms with Gasteiger partial charge in [0.15, 0.2) is 5.69 Å². The number of rotatable bonds is 6. The first-order chi connectivity index (χ1) is 16.0. The number of aromatic nitrogens is 1. The minimum absolute atomic E-state index is 0.00816. The van der Waals surface area contributed by atoms with Crippen molar-refractivity contribution in [3.05, 3.63) is 47.5 Å². The lowest BCUT2D eigenvalue weighted by molar-refractivity contribution is 0.145. The Morgan fingerprint density at radius 3 is 2.52 bits per heavy atom. The molecule has 0 amide bonds. The number of piperazine rings is 1. The van der Waals surface area contributed by atoms with Gasteiger partial charge in [-0.25, -0.2) is 5.48 Å². The molecule has 11 heteroatoms. The highest BCUT2D eigenvalue weighted by Gasteiger charge is 2.22. The number of anilines is 1. The van der Waals surface area contributed by atoms with Gasteiger partial charge < -0.3 is 14.7 Å². The summed E-state index contributed by atoms with van der Waals surface area (Å²) in [5.41, 5.74) is 4.72. The Hall–Kier alpha value is -2.92. The molecule has 0 bridgehead atoms. The molecule has 4 rings (SSSR count). The summed E-state index contributed by atoms with van der Waals surface area (Å²) in [5.74, 6) is 0.855. The zero-order chi connectivity index (χ0) is 23.4. The van der Waals surface area contributed by atoms with Crippen LogP contribution in [-0.4, -0.2) is 60.1 Å². The van der Waals surface area contributed by atoms with E-state index in [-0.39, 0.29) is 11.0 Å². The van der Waals surface area contributed by atoms with Crippen LogP contribution >= 0.6 is 23.8 Å². The average molecular weight is 489 g/mol. The van der Waals surface area contributed by atoms with Crippen molar-refractivity contribution in [1.29, 1.82) is 0 Å². The zero-order valence-electron chi connectivity index (χ0n) is 18.4. The number of aromatic hydroxyl groups is 1. The highest BCUT2D eigenvalue weighted by Crippen LogP contribution is 2.40. The van der Waals surface area contributed by atoms with E-state index < -0.39 is 0 Å². The number of hydrogen-bond acceptors (Lipinski definition) is 7. The first kappa shape index (κ1) is 23.2. The third kappa shape index (κ3) is 5.19. The van der Waals surface area contributed by atoms with Crippen molar-refractivity contribution >= 4 is 51.2 Å². The molecule has 1 aliphatic heterocycles. The maximum atomic E-state index is 11.0. The quantitative estimate of drug-likeness (QED) is 0.304. The molecule has 0 aliphatic carbocycles. The molecule has 3 aromatic rings. The molecule has 2 N–H and O–H groups in total. The fourth-order valence-corrected chi connectivity index (χ4v) is 4.18. The van der Waals surface area contributed by atoms with E-state index in [1.807, 2.05) is 22.8 Å². The summed E-state index contributed by atoms with van der Waals surface area (Å²) < 4.78 is 7.06. The minimum Gasteiger partial charge on any atom is -0.497 e. The molecule has 1 aromatic heterocycles. The van der Waals surface area contributed by atoms with Crippen molar-refractivity contribution in [2.24, 2.45) is 10.2 Å². The predicted octanol–water partition coefficient (Wildman–Crippen LogP) is 4.31. The lowest BCUT2D eigenvalue weighted by Crippen LogP contribution is -2.46. The second-order valence-corrected chi connectivity index (χ2v) is 8.34. The molecule has 1 saturated heterocycles. The number of nitrogens with zero attached hydrogens (tertiary/aromatic N) is 5. The molecule has 2 aromatic carbocycles. The van der Waals surface area contributed by atoms with Gasteiger partial charge in [-0.05, 0) is 54.7 Å². The number of benzene rings is 2. The maximum Gasteiger partial charge on any atom is 0.237 e. The Morgan fingerprint density at radius 1 is 1.12 bits per heavy atom. The Bertz CT molecular complexity index is 1160. The topological polar surface area (TPSA) is 86.8 Å². The molecular formula is C22H25ClN6O3S. The van der Waals surface area contributed by atoms with Crippen molar-refractivity contribution in [3.63, 3.8) is 0 Å². The standard InChI is InChI=1S/C22H25ClN6O3S/c1-31-17-6-4-16(5-7-17)28-11-9-27(10-12-28)14-29-19-8-3-15(23)13-18(19)20(21(29)30)24-25-22(33)26-32-2/h3-8,13,30H,9-12,14H2,1-2H3,(H,26,33). The minimum atomic E-state index is 0.00816. The Labute approximate surface area is 202 Å². The monoisotopic (exact) mass is 488 g/mol. The lowest BCUT2D eigenvalue weighted by atomic mass is 10.2. The summed E-state index contributed by atoms with van der Waals surface area (Å²) in [7, 11) is 3.10. The van der Waals surface area contributed by atoms with E-state index in [1.165, 1.54) is 12.8 Å². The van der Waals surface area contributed by atoms with Crippen molar-refractivity contribution in [3.8, 4) is 11.6 Å². The van der Waals surface area contributed by atoms with Crippen LogP contribution in [0.5, 0.6) is 11.6 Å². The van der Waals surface area contributed by atoms with Gasteiger partial charge in [0.1, 0.15) is 5.75 Å². The molecule has 1 aliphatic rings. The van der Waals surface area contributed by atoms with Crippen LogP contribution in [0, 0.1) is 0 Å². The molecule has 0 spiro atoms. The van der Waals surface area contributed by atoms with Crippen LogP contribution in [0.4, 0.5) is 11.4 Å². The number of hydrogen-bond donors (Lipinski definition) is 2. The van der Waals surface area contributed by atoms with Crippen molar-refractivity contribution in [2.75, 3.05) is 45.3 Å². The van der Waals surface area contributed by atoms with Gasteiger partial charge in [-0.1, -0.05) is 11.6 Å². The van der Waals surface area contributed by atoms with Crippen LogP contribution in [0.2, 0.25) is 5.02 Å². The molecule has 9 nitrogen and oxygen atoms in total. The van der Waals surface area contributed by atoms with E-state index in [0.717, 1.165) is 37.4 Å². The highest BCUT2D eigenvalue weighted by atomic mass is 35.5.